The highest BCUT2D eigenvalue weighted by atomic mass is 19.4. The standard InChI is InChI=1S/C18H15F3N2O4/c19-18(20,21)27-13-7-5-11(6-8-13)22-9-12(24)10-23-16(25)14-3-1-2-4-15(14)17(23)26/h1-8,12,22,24H,9-10H2. The minimum atomic E-state index is -4.77. The number of alkyl halides is 3. The minimum absolute atomic E-state index is 0.00706. The maximum absolute atomic E-state index is 12.2. The van der Waals surface area contributed by atoms with Gasteiger partial charge in [-0.15, -0.1) is 13.2 Å². The van der Waals surface area contributed by atoms with Crippen molar-refractivity contribution in [3.8, 4) is 5.75 Å². The molecule has 1 aliphatic heterocycles. The fourth-order valence-electron chi connectivity index (χ4n) is 2.69. The highest BCUT2D eigenvalue weighted by Gasteiger charge is 2.36. The molecule has 1 aliphatic rings. The van der Waals surface area contributed by atoms with Crippen molar-refractivity contribution in [3.05, 3.63) is 59.7 Å². The molecule has 9 heteroatoms. The van der Waals surface area contributed by atoms with Crippen LogP contribution in [0.1, 0.15) is 20.7 Å². The van der Waals surface area contributed by atoms with Gasteiger partial charge in [-0.05, 0) is 36.4 Å². The van der Waals surface area contributed by atoms with E-state index in [1.807, 2.05) is 0 Å². The molecule has 1 heterocycles. The number of fused-ring (bicyclic) bond motifs is 1. The van der Waals surface area contributed by atoms with Gasteiger partial charge >= 0.3 is 6.36 Å². The molecule has 142 valence electrons. The lowest BCUT2D eigenvalue weighted by Gasteiger charge is -2.19. The number of amides is 2. The smallest absolute Gasteiger partial charge is 0.406 e. The fourth-order valence-corrected chi connectivity index (χ4v) is 2.69. The number of anilines is 1. The van der Waals surface area contributed by atoms with Crippen LogP contribution >= 0.6 is 0 Å². The highest BCUT2D eigenvalue weighted by molar-refractivity contribution is 6.21. The lowest BCUT2D eigenvalue weighted by molar-refractivity contribution is -0.274. The quantitative estimate of drug-likeness (QED) is 0.754. The number of hydrogen-bond acceptors (Lipinski definition) is 5. The highest BCUT2D eigenvalue weighted by Crippen LogP contribution is 2.24. The summed E-state index contributed by atoms with van der Waals surface area (Å²) in [6, 6.07) is 11.4. The zero-order chi connectivity index (χ0) is 19.6. The van der Waals surface area contributed by atoms with Crippen LogP contribution in [0.2, 0.25) is 0 Å². The third-order valence-electron chi connectivity index (χ3n) is 3.90. The summed E-state index contributed by atoms with van der Waals surface area (Å²) in [4.78, 5) is 25.4. The SMILES string of the molecule is O=C1c2ccccc2C(=O)N1CC(O)CNc1ccc(OC(F)(F)F)cc1. The number of nitrogens with zero attached hydrogens (tertiary/aromatic N) is 1. The van der Waals surface area contributed by atoms with Crippen LogP contribution < -0.4 is 10.1 Å². The summed E-state index contributed by atoms with van der Waals surface area (Å²) in [6.45, 7) is -0.207. The predicted molar refractivity (Wildman–Crippen MR) is 89.4 cm³/mol. The van der Waals surface area contributed by atoms with Gasteiger partial charge < -0.3 is 15.2 Å². The van der Waals surface area contributed by atoms with Gasteiger partial charge in [0, 0.05) is 12.2 Å². The number of rotatable bonds is 6. The first-order valence-electron chi connectivity index (χ1n) is 7.97. The second-order valence-corrected chi connectivity index (χ2v) is 5.87. The molecule has 1 unspecified atom stereocenters. The number of hydrogen-bond donors (Lipinski definition) is 2. The Labute approximate surface area is 152 Å². The van der Waals surface area contributed by atoms with Gasteiger partial charge in [-0.3, -0.25) is 14.5 Å². The van der Waals surface area contributed by atoms with E-state index in [1.54, 1.807) is 24.3 Å². The molecule has 0 radical (unpaired) electrons. The van der Waals surface area contributed by atoms with Crippen molar-refractivity contribution < 1.29 is 32.6 Å². The van der Waals surface area contributed by atoms with Gasteiger partial charge in [0.15, 0.2) is 0 Å². The maximum atomic E-state index is 12.2. The first-order valence-corrected chi connectivity index (χ1v) is 7.97. The molecule has 0 fully saturated rings. The van der Waals surface area contributed by atoms with E-state index >= 15 is 0 Å². The van der Waals surface area contributed by atoms with E-state index in [2.05, 4.69) is 10.1 Å². The van der Waals surface area contributed by atoms with Gasteiger partial charge in [-0.2, -0.15) is 0 Å². The number of aliphatic hydroxyl groups excluding tert-OH is 1. The van der Waals surface area contributed by atoms with Gasteiger partial charge in [0.25, 0.3) is 11.8 Å². The van der Waals surface area contributed by atoms with Crippen molar-refractivity contribution in [2.24, 2.45) is 0 Å². The van der Waals surface area contributed by atoms with Crippen molar-refractivity contribution in [2.45, 2.75) is 12.5 Å². The van der Waals surface area contributed by atoms with Crippen LogP contribution in [0.5, 0.6) is 5.75 Å². The van der Waals surface area contributed by atoms with Crippen molar-refractivity contribution in [1.29, 1.82) is 0 Å². The summed E-state index contributed by atoms with van der Waals surface area (Å²) in [6.07, 6.45) is -5.82. The maximum Gasteiger partial charge on any atom is 0.573 e. The summed E-state index contributed by atoms with van der Waals surface area (Å²) in [5.41, 5.74) is 1.04. The normalized spacial score (nSPS) is 14.9. The number of ether oxygens (including phenoxy) is 1. The average Bonchev–Trinajstić information content (AvgIpc) is 2.85. The molecule has 0 aromatic heterocycles. The molecule has 6 nitrogen and oxygen atoms in total. The third kappa shape index (κ3) is 4.37. The van der Waals surface area contributed by atoms with E-state index < -0.39 is 24.3 Å². The zero-order valence-corrected chi connectivity index (χ0v) is 13.9. The lowest BCUT2D eigenvalue weighted by atomic mass is 10.1. The second kappa shape index (κ2) is 7.28. The number of halogens is 3. The Hall–Kier alpha value is -3.07. The van der Waals surface area contributed by atoms with E-state index in [0.29, 0.717) is 16.8 Å². The first-order chi connectivity index (χ1) is 12.7. The molecule has 0 saturated heterocycles. The molecule has 0 spiro atoms. The Bertz CT molecular complexity index is 817. The minimum Gasteiger partial charge on any atom is -0.406 e. The summed E-state index contributed by atoms with van der Waals surface area (Å²) in [7, 11) is 0. The van der Waals surface area contributed by atoms with Crippen LogP contribution in [0.4, 0.5) is 18.9 Å². The fraction of sp³-hybridized carbons (Fsp3) is 0.222. The molecule has 2 aromatic rings. The largest absolute Gasteiger partial charge is 0.573 e. The third-order valence-corrected chi connectivity index (χ3v) is 3.90. The van der Waals surface area contributed by atoms with Crippen LogP contribution in [-0.4, -0.2) is 47.4 Å². The molecule has 2 amide bonds. The van der Waals surface area contributed by atoms with Gasteiger partial charge in [0.1, 0.15) is 5.75 Å². The molecule has 27 heavy (non-hydrogen) atoms. The van der Waals surface area contributed by atoms with E-state index in [-0.39, 0.29) is 18.8 Å². The van der Waals surface area contributed by atoms with Crippen molar-refractivity contribution in [2.75, 3.05) is 18.4 Å². The number of carbonyl (C=O) groups excluding carboxylic acids is 2. The molecule has 2 N–H and O–H groups in total. The van der Waals surface area contributed by atoms with Gasteiger partial charge in [0.05, 0.1) is 23.8 Å². The molecule has 1 atom stereocenters. The summed E-state index contributed by atoms with van der Waals surface area (Å²) < 4.78 is 40.1. The monoisotopic (exact) mass is 380 g/mol. The van der Waals surface area contributed by atoms with Gasteiger partial charge in [-0.1, -0.05) is 12.1 Å². The lowest BCUT2D eigenvalue weighted by Crippen LogP contribution is -2.39. The predicted octanol–water partition coefficient (Wildman–Crippen LogP) is 2.65. The topological polar surface area (TPSA) is 78.9 Å². The molecular formula is C18H15F3N2O4. The summed E-state index contributed by atoms with van der Waals surface area (Å²) in [5.74, 6) is -1.30. The Kier molecular flexibility index (Phi) is 5.04. The second-order valence-electron chi connectivity index (χ2n) is 5.87. The molecule has 0 aliphatic carbocycles. The number of β-amino-alcohol motifs (C(OH)–C–C–N with tert-alkyl or cyclic N) is 1. The van der Waals surface area contributed by atoms with Crippen LogP contribution in [0.3, 0.4) is 0 Å². The Morgan fingerprint density at radius 3 is 2.07 bits per heavy atom. The summed E-state index contributed by atoms with van der Waals surface area (Å²) >= 11 is 0. The van der Waals surface area contributed by atoms with E-state index in [4.69, 9.17) is 0 Å². The average molecular weight is 380 g/mol. The van der Waals surface area contributed by atoms with Crippen LogP contribution in [0, 0.1) is 0 Å². The van der Waals surface area contributed by atoms with Gasteiger partial charge in [-0.25, -0.2) is 0 Å². The number of imide groups is 1. The first kappa shape index (κ1) is 18.7. The van der Waals surface area contributed by atoms with Crippen molar-refractivity contribution in [1.82, 2.24) is 4.90 Å². The molecule has 3 rings (SSSR count). The number of benzene rings is 2. The number of nitrogens with one attached hydrogen (secondary N) is 1. The Morgan fingerprint density at radius 1 is 1.00 bits per heavy atom. The Morgan fingerprint density at radius 2 is 1.56 bits per heavy atom. The molecule has 2 aromatic carbocycles. The molecule has 0 bridgehead atoms. The van der Waals surface area contributed by atoms with E-state index in [9.17, 15) is 27.9 Å². The molecule has 0 saturated carbocycles. The van der Waals surface area contributed by atoms with Crippen LogP contribution in [0.25, 0.3) is 0 Å². The van der Waals surface area contributed by atoms with Crippen LogP contribution in [0.15, 0.2) is 48.5 Å². The number of carbonyl (C=O) groups is 2. The summed E-state index contributed by atoms with van der Waals surface area (Å²) in [5, 5.41) is 12.9. The van der Waals surface area contributed by atoms with Gasteiger partial charge in [0.2, 0.25) is 0 Å². The van der Waals surface area contributed by atoms with E-state index in [1.165, 1.54) is 12.1 Å². The van der Waals surface area contributed by atoms with Crippen molar-refractivity contribution >= 4 is 17.5 Å². The number of aliphatic hydroxyl groups is 1. The van der Waals surface area contributed by atoms with Crippen molar-refractivity contribution in [3.63, 3.8) is 0 Å². The Balaban J connectivity index is 1.54. The molecular weight excluding hydrogens is 365 g/mol. The zero-order valence-electron chi connectivity index (χ0n) is 13.9. The van der Waals surface area contributed by atoms with E-state index in [0.717, 1.165) is 17.0 Å². The van der Waals surface area contributed by atoms with Crippen LogP contribution in [-0.2, 0) is 0 Å².